The number of nitrogens with zero attached hydrogens (tertiary/aromatic N) is 2. The first-order valence-corrected chi connectivity index (χ1v) is 10.5. The molecule has 1 unspecified atom stereocenters. The first-order valence-electron chi connectivity index (χ1n) is 10.5. The molecule has 1 N–H and O–H groups in total. The SMILES string of the molecule is COc1c(C#N)cc2ccccc2c1COCC(c1ccccc1F)N1CCNCC1. The molecule has 0 amide bonds. The lowest BCUT2D eigenvalue weighted by Crippen LogP contribution is -2.46. The van der Waals surface area contributed by atoms with Crippen molar-refractivity contribution in [3.05, 3.63) is 77.1 Å². The number of rotatable bonds is 7. The first kappa shape index (κ1) is 21.3. The molecule has 31 heavy (non-hydrogen) atoms. The monoisotopic (exact) mass is 419 g/mol. The maximum absolute atomic E-state index is 14.6. The molecule has 0 bridgehead atoms. The second-order valence-corrected chi connectivity index (χ2v) is 7.61. The molecule has 0 aliphatic carbocycles. The molecule has 1 saturated heterocycles. The van der Waals surface area contributed by atoms with Crippen LogP contribution in [0, 0.1) is 17.1 Å². The Labute approximate surface area is 182 Å². The van der Waals surface area contributed by atoms with E-state index in [0.717, 1.165) is 42.5 Å². The van der Waals surface area contributed by atoms with Gasteiger partial charge in [0.1, 0.15) is 17.6 Å². The highest BCUT2D eigenvalue weighted by atomic mass is 19.1. The standard InChI is InChI=1S/C25H26FN3O2/c1-30-25-19(15-27)14-18-6-2-3-7-20(18)22(25)16-31-17-24(29-12-10-28-11-13-29)21-8-4-5-9-23(21)26/h2-9,14,24,28H,10-13,16-17H2,1H3. The Morgan fingerprint density at radius 3 is 2.61 bits per heavy atom. The van der Waals surface area contributed by atoms with E-state index in [4.69, 9.17) is 9.47 Å². The highest BCUT2D eigenvalue weighted by molar-refractivity contribution is 5.89. The second kappa shape index (κ2) is 9.88. The minimum atomic E-state index is -0.218. The number of piperazine rings is 1. The van der Waals surface area contributed by atoms with Crippen LogP contribution in [0.15, 0.2) is 54.6 Å². The second-order valence-electron chi connectivity index (χ2n) is 7.61. The van der Waals surface area contributed by atoms with Gasteiger partial charge in [0.05, 0.1) is 31.9 Å². The zero-order valence-electron chi connectivity index (χ0n) is 17.6. The van der Waals surface area contributed by atoms with Gasteiger partial charge in [0, 0.05) is 37.3 Å². The van der Waals surface area contributed by atoms with Gasteiger partial charge in [-0.3, -0.25) is 4.90 Å². The van der Waals surface area contributed by atoms with Crippen molar-refractivity contribution in [3.63, 3.8) is 0 Å². The zero-order valence-corrected chi connectivity index (χ0v) is 17.6. The Balaban J connectivity index is 1.61. The molecule has 4 rings (SSSR count). The van der Waals surface area contributed by atoms with Gasteiger partial charge in [-0.2, -0.15) is 5.26 Å². The summed E-state index contributed by atoms with van der Waals surface area (Å²) in [4.78, 5) is 2.26. The van der Waals surface area contributed by atoms with E-state index in [1.807, 2.05) is 42.5 Å². The van der Waals surface area contributed by atoms with Crippen LogP contribution in [0.3, 0.4) is 0 Å². The molecular weight excluding hydrogens is 393 g/mol. The normalized spacial score (nSPS) is 15.5. The van der Waals surface area contributed by atoms with Crippen molar-refractivity contribution in [1.29, 1.82) is 5.26 Å². The molecule has 1 atom stereocenters. The van der Waals surface area contributed by atoms with Crippen molar-refractivity contribution in [3.8, 4) is 11.8 Å². The van der Waals surface area contributed by atoms with Gasteiger partial charge in [-0.1, -0.05) is 42.5 Å². The van der Waals surface area contributed by atoms with E-state index in [1.54, 1.807) is 13.2 Å². The van der Waals surface area contributed by atoms with Gasteiger partial charge in [0.2, 0.25) is 0 Å². The summed E-state index contributed by atoms with van der Waals surface area (Å²) in [6.45, 7) is 4.02. The summed E-state index contributed by atoms with van der Waals surface area (Å²) in [7, 11) is 1.57. The fourth-order valence-corrected chi connectivity index (χ4v) is 4.27. The lowest BCUT2D eigenvalue weighted by atomic mass is 10.00. The van der Waals surface area contributed by atoms with Crippen molar-refractivity contribution in [2.45, 2.75) is 12.6 Å². The minimum Gasteiger partial charge on any atom is -0.495 e. The van der Waals surface area contributed by atoms with E-state index in [2.05, 4.69) is 16.3 Å². The first-order chi connectivity index (χ1) is 15.2. The largest absolute Gasteiger partial charge is 0.495 e. The molecule has 1 heterocycles. The Bertz CT molecular complexity index is 1090. The number of hydrogen-bond acceptors (Lipinski definition) is 5. The number of nitrogens with one attached hydrogen (secondary N) is 1. The molecule has 0 saturated carbocycles. The Kier molecular flexibility index (Phi) is 6.78. The number of benzene rings is 3. The summed E-state index contributed by atoms with van der Waals surface area (Å²) >= 11 is 0. The molecule has 0 radical (unpaired) electrons. The van der Waals surface area contributed by atoms with Crippen molar-refractivity contribution < 1.29 is 13.9 Å². The van der Waals surface area contributed by atoms with Crippen LogP contribution in [0.5, 0.6) is 5.75 Å². The highest BCUT2D eigenvalue weighted by Gasteiger charge is 2.25. The van der Waals surface area contributed by atoms with Crippen LogP contribution in [0.1, 0.15) is 22.7 Å². The third kappa shape index (κ3) is 4.54. The molecule has 0 aromatic heterocycles. The number of hydrogen-bond donors (Lipinski definition) is 1. The number of ether oxygens (including phenoxy) is 2. The summed E-state index contributed by atoms with van der Waals surface area (Å²) in [6.07, 6.45) is 0. The quantitative estimate of drug-likeness (QED) is 0.627. The molecule has 160 valence electrons. The van der Waals surface area contributed by atoms with Crippen LogP contribution in [0.4, 0.5) is 4.39 Å². The predicted octanol–water partition coefficient (Wildman–Crippen LogP) is 4.02. The third-order valence-corrected chi connectivity index (χ3v) is 5.81. The van der Waals surface area contributed by atoms with E-state index in [9.17, 15) is 9.65 Å². The molecule has 0 spiro atoms. The summed E-state index contributed by atoms with van der Waals surface area (Å²) in [5, 5.41) is 14.9. The number of halogens is 1. The van der Waals surface area contributed by atoms with E-state index in [0.29, 0.717) is 23.5 Å². The van der Waals surface area contributed by atoms with Crippen molar-refractivity contribution in [2.24, 2.45) is 0 Å². The predicted molar refractivity (Wildman–Crippen MR) is 118 cm³/mol. The van der Waals surface area contributed by atoms with Crippen molar-refractivity contribution in [1.82, 2.24) is 10.2 Å². The number of methoxy groups -OCH3 is 1. The van der Waals surface area contributed by atoms with Gasteiger partial charge in [0.25, 0.3) is 0 Å². The van der Waals surface area contributed by atoms with Gasteiger partial charge in [0.15, 0.2) is 0 Å². The molecule has 6 heteroatoms. The molecule has 3 aromatic carbocycles. The fraction of sp³-hybridized carbons (Fsp3) is 0.320. The number of nitriles is 1. The molecule has 1 fully saturated rings. The average Bonchev–Trinajstić information content (AvgIpc) is 2.82. The van der Waals surface area contributed by atoms with Gasteiger partial charge < -0.3 is 14.8 Å². The van der Waals surface area contributed by atoms with Crippen molar-refractivity contribution in [2.75, 3.05) is 39.9 Å². The lowest BCUT2D eigenvalue weighted by Gasteiger charge is -2.35. The Hall–Kier alpha value is -2.98. The molecule has 5 nitrogen and oxygen atoms in total. The van der Waals surface area contributed by atoms with Crippen LogP contribution in [-0.4, -0.2) is 44.8 Å². The summed E-state index contributed by atoms with van der Waals surface area (Å²) < 4.78 is 26.4. The van der Waals surface area contributed by atoms with E-state index >= 15 is 0 Å². The van der Waals surface area contributed by atoms with Crippen LogP contribution in [0.2, 0.25) is 0 Å². The Morgan fingerprint density at radius 2 is 1.87 bits per heavy atom. The molecular formula is C25H26FN3O2. The Morgan fingerprint density at radius 1 is 1.13 bits per heavy atom. The topological polar surface area (TPSA) is 57.5 Å². The third-order valence-electron chi connectivity index (χ3n) is 5.81. The summed E-state index contributed by atoms with van der Waals surface area (Å²) in [6, 6.07) is 18.6. The maximum atomic E-state index is 14.6. The molecule has 1 aliphatic rings. The smallest absolute Gasteiger partial charge is 0.142 e. The maximum Gasteiger partial charge on any atom is 0.142 e. The van der Waals surface area contributed by atoms with Gasteiger partial charge in [-0.25, -0.2) is 4.39 Å². The van der Waals surface area contributed by atoms with Gasteiger partial charge in [-0.05, 0) is 22.9 Å². The fourth-order valence-electron chi connectivity index (χ4n) is 4.27. The van der Waals surface area contributed by atoms with Gasteiger partial charge in [-0.15, -0.1) is 0 Å². The molecule has 3 aromatic rings. The van der Waals surface area contributed by atoms with E-state index in [-0.39, 0.29) is 18.5 Å². The summed E-state index contributed by atoms with van der Waals surface area (Å²) in [5.41, 5.74) is 1.96. The number of fused-ring (bicyclic) bond motifs is 1. The van der Waals surface area contributed by atoms with E-state index < -0.39 is 0 Å². The van der Waals surface area contributed by atoms with Crippen LogP contribution in [-0.2, 0) is 11.3 Å². The van der Waals surface area contributed by atoms with Gasteiger partial charge >= 0.3 is 0 Å². The van der Waals surface area contributed by atoms with E-state index in [1.165, 1.54) is 6.07 Å². The van der Waals surface area contributed by atoms with Crippen molar-refractivity contribution >= 4 is 10.8 Å². The van der Waals surface area contributed by atoms with Crippen LogP contribution < -0.4 is 10.1 Å². The zero-order chi connectivity index (χ0) is 21.6. The lowest BCUT2D eigenvalue weighted by molar-refractivity contribution is 0.0425. The minimum absolute atomic E-state index is 0.181. The van der Waals surface area contributed by atoms with Crippen LogP contribution in [0.25, 0.3) is 10.8 Å². The highest BCUT2D eigenvalue weighted by Crippen LogP contribution is 2.33. The molecule has 1 aliphatic heterocycles. The van der Waals surface area contributed by atoms with Crippen LogP contribution >= 0.6 is 0 Å². The average molecular weight is 420 g/mol. The summed E-state index contributed by atoms with van der Waals surface area (Å²) in [5.74, 6) is 0.315.